The largest absolute Gasteiger partial charge is 0.361 e. The Bertz CT molecular complexity index is 437. The first kappa shape index (κ1) is 15.7. The van der Waals surface area contributed by atoms with Crippen LogP contribution in [0.2, 0.25) is 5.15 Å². The van der Waals surface area contributed by atoms with Gasteiger partial charge in [-0.3, -0.25) is 4.79 Å². The number of anilines is 1. The standard InChI is InChI=1S/C13H21ClN4O/c1-4-6-10-17-12(14)9(3)13(18-10)16-8-11(19)15-7-5-2/h4-8H2,1-3H3,(H,15,19)(H,16,17,18). The molecule has 19 heavy (non-hydrogen) atoms. The minimum absolute atomic E-state index is 0.0481. The number of halogens is 1. The lowest BCUT2D eigenvalue weighted by atomic mass is 10.3. The summed E-state index contributed by atoms with van der Waals surface area (Å²) in [5.41, 5.74) is 0.768. The third-order valence-corrected chi connectivity index (χ3v) is 2.96. The molecule has 0 saturated heterocycles. The Kier molecular flexibility index (Phi) is 6.56. The predicted octanol–water partition coefficient (Wildman–Crippen LogP) is 2.33. The minimum atomic E-state index is -0.0481. The van der Waals surface area contributed by atoms with E-state index >= 15 is 0 Å². The Labute approximate surface area is 119 Å². The summed E-state index contributed by atoms with van der Waals surface area (Å²) in [6.45, 7) is 6.79. The molecule has 1 rings (SSSR count). The average molecular weight is 285 g/mol. The molecule has 0 spiro atoms. The lowest BCUT2D eigenvalue weighted by Gasteiger charge is -2.11. The van der Waals surface area contributed by atoms with Crippen LogP contribution in [0.3, 0.4) is 0 Å². The number of carbonyl (C=O) groups excluding carboxylic acids is 1. The Morgan fingerprint density at radius 1 is 1.26 bits per heavy atom. The number of hydrogen-bond donors (Lipinski definition) is 2. The lowest BCUT2D eigenvalue weighted by Crippen LogP contribution is -2.30. The van der Waals surface area contributed by atoms with Crippen molar-refractivity contribution < 1.29 is 4.79 Å². The second-order valence-corrected chi connectivity index (χ2v) is 4.72. The molecule has 0 aliphatic heterocycles. The summed E-state index contributed by atoms with van der Waals surface area (Å²) >= 11 is 6.06. The highest BCUT2D eigenvalue weighted by Gasteiger charge is 2.10. The van der Waals surface area contributed by atoms with E-state index in [0.29, 0.717) is 23.3 Å². The van der Waals surface area contributed by atoms with Crippen LogP contribution in [0.4, 0.5) is 5.82 Å². The maximum absolute atomic E-state index is 11.5. The molecule has 1 heterocycles. The van der Waals surface area contributed by atoms with E-state index in [1.807, 2.05) is 13.8 Å². The highest BCUT2D eigenvalue weighted by molar-refractivity contribution is 6.30. The Hall–Kier alpha value is -1.36. The van der Waals surface area contributed by atoms with E-state index in [9.17, 15) is 4.79 Å². The summed E-state index contributed by atoms with van der Waals surface area (Å²) in [5, 5.41) is 6.25. The Morgan fingerprint density at radius 2 is 2.00 bits per heavy atom. The fourth-order valence-corrected chi connectivity index (χ4v) is 1.72. The van der Waals surface area contributed by atoms with Crippen LogP contribution in [-0.4, -0.2) is 29.0 Å². The van der Waals surface area contributed by atoms with E-state index in [2.05, 4.69) is 27.5 Å². The third-order valence-electron chi connectivity index (χ3n) is 2.59. The van der Waals surface area contributed by atoms with Gasteiger partial charge < -0.3 is 10.6 Å². The number of hydrogen-bond acceptors (Lipinski definition) is 4. The number of carbonyl (C=O) groups is 1. The normalized spacial score (nSPS) is 10.3. The van der Waals surface area contributed by atoms with Gasteiger partial charge in [-0.1, -0.05) is 25.4 Å². The maximum Gasteiger partial charge on any atom is 0.239 e. The van der Waals surface area contributed by atoms with E-state index < -0.39 is 0 Å². The molecule has 0 unspecified atom stereocenters. The Balaban J connectivity index is 2.68. The molecule has 0 atom stereocenters. The van der Waals surface area contributed by atoms with Crippen molar-refractivity contribution in [3.8, 4) is 0 Å². The molecule has 0 radical (unpaired) electrons. The van der Waals surface area contributed by atoms with Gasteiger partial charge in [0.05, 0.1) is 6.54 Å². The Morgan fingerprint density at radius 3 is 2.63 bits per heavy atom. The summed E-state index contributed by atoms with van der Waals surface area (Å²) in [5.74, 6) is 1.29. The van der Waals surface area contributed by atoms with Crippen LogP contribution in [0.1, 0.15) is 38.1 Å². The van der Waals surface area contributed by atoms with Crippen molar-refractivity contribution in [1.29, 1.82) is 0 Å². The summed E-state index contributed by atoms with van der Waals surface area (Å²) in [6, 6.07) is 0. The molecule has 5 nitrogen and oxygen atoms in total. The van der Waals surface area contributed by atoms with Gasteiger partial charge in [0, 0.05) is 18.5 Å². The van der Waals surface area contributed by atoms with Crippen molar-refractivity contribution >= 4 is 23.3 Å². The summed E-state index contributed by atoms with van der Waals surface area (Å²) in [4.78, 5) is 20.1. The molecule has 0 bridgehead atoms. The van der Waals surface area contributed by atoms with Crippen LogP contribution in [0, 0.1) is 6.92 Å². The molecule has 1 amide bonds. The van der Waals surface area contributed by atoms with Crippen molar-refractivity contribution in [1.82, 2.24) is 15.3 Å². The van der Waals surface area contributed by atoms with Crippen molar-refractivity contribution in [2.75, 3.05) is 18.4 Å². The average Bonchev–Trinajstić information content (AvgIpc) is 2.39. The summed E-state index contributed by atoms with van der Waals surface area (Å²) in [7, 11) is 0. The zero-order chi connectivity index (χ0) is 14.3. The molecule has 1 aromatic heterocycles. The van der Waals surface area contributed by atoms with Crippen molar-refractivity contribution in [3.63, 3.8) is 0 Å². The predicted molar refractivity (Wildman–Crippen MR) is 77.6 cm³/mol. The van der Waals surface area contributed by atoms with Gasteiger partial charge in [0.15, 0.2) is 0 Å². The van der Waals surface area contributed by atoms with Gasteiger partial charge in [0.25, 0.3) is 0 Å². The van der Waals surface area contributed by atoms with Crippen molar-refractivity contribution in [2.24, 2.45) is 0 Å². The number of nitrogens with one attached hydrogen (secondary N) is 2. The highest BCUT2D eigenvalue weighted by atomic mass is 35.5. The summed E-state index contributed by atoms with van der Waals surface area (Å²) < 4.78 is 0. The van der Waals surface area contributed by atoms with Gasteiger partial charge in [0.1, 0.15) is 16.8 Å². The number of nitrogens with zero attached hydrogens (tertiary/aromatic N) is 2. The van der Waals surface area contributed by atoms with E-state index in [0.717, 1.165) is 24.8 Å². The van der Waals surface area contributed by atoms with Crippen LogP contribution >= 0.6 is 11.6 Å². The monoisotopic (exact) mass is 284 g/mol. The zero-order valence-electron chi connectivity index (χ0n) is 11.7. The molecule has 2 N–H and O–H groups in total. The van der Waals surface area contributed by atoms with Crippen molar-refractivity contribution in [3.05, 3.63) is 16.5 Å². The lowest BCUT2D eigenvalue weighted by molar-refractivity contribution is -0.119. The van der Waals surface area contributed by atoms with Crippen LogP contribution in [0.15, 0.2) is 0 Å². The minimum Gasteiger partial charge on any atom is -0.361 e. The van der Waals surface area contributed by atoms with E-state index in [4.69, 9.17) is 11.6 Å². The molecule has 0 aliphatic rings. The van der Waals surface area contributed by atoms with Gasteiger partial charge in [-0.05, 0) is 19.8 Å². The van der Waals surface area contributed by atoms with Crippen LogP contribution in [0.5, 0.6) is 0 Å². The molecular formula is C13H21ClN4O. The van der Waals surface area contributed by atoms with Gasteiger partial charge in [-0.2, -0.15) is 0 Å². The molecule has 106 valence electrons. The molecule has 0 saturated carbocycles. The summed E-state index contributed by atoms with van der Waals surface area (Å²) in [6.07, 6.45) is 2.65. The first-order valence-corrected chi connectivity index (χ1v) is 6.99. The van der Waals surface area contributed by atoms with Crippen LogP contribution in [-0.2, 0) is 11.2 Å². The second-order valence-electron chi connectivity index (χ2n) is 4.36. The highest BCUT2D eigenvalue weighted by Crippen LogP contribution is 2.20. The third kappa shape index (κ3) is 5.03. The zero-order valence-corrected chi connectivity index (χ0v) is 12.5. The first-order chi connectivity index (χ1) is 9.08. The van der Waals surface area contributed by atoms with Crippen LogP contribution in [0.25, 0.3) is 0 Å². The number of aryl methyl sites for hydroxylation is 1. The van der Waals surface area contributed by atoms with E-state index in [1.54, 1.807) is 0 Å². The van der Waals surface area contributed by atoms with Gasteiger partial charge in [-0.25, -0.2) is 9.97 Å². The first-order valence-electron chi connectivity index (χ1n) is 6.62. The number of amides is 1. The molecule has 0 aliphatic carbocycles. The van der Waals surface area contributed by atoms with Gasteiger partial charge in [-0.15, -0.1) is 0 Å². The molecule has 6 heteroatoms. The van der Waals surface area contributed by atoms with Crippen molar-refractivity contribution in [2.45, 2.75) is 40.0 Å². The smallest absolute Gasteiger partial charge is 0.239 e. The topological polar surface area (TPSA) is 66.9 Å². The molecule has 0 fully saturated rings. The number of aromatic nitrogens is 2. The molecular weight excluding hydrogens is 264 g/mol. The van der Waals surface area contributed by atoms with E-state index in [1.165, 1.54) is 0 Å². The molecule has 0 aromatic carbocycles. The van der Waals surface area contributed by atoms with E-state index in [-0.39, 0.29) is 12.5 Å². The van der Waals surface area contributed by atoms with Crippen LogP contribution < -0.4 is 10.6 Å². The number of rotatable bonds is 7. The maximum atomic E-state index is 11.5. The fourth-order valence-electron chi connectivity index (χ4n) is 1.53. The van der Waals surface area contributed by atoms with Gasteiger partial charge >= 0.3 is 0 Å². The molecule has 1 aromatic rings. The fraction of sp³-hybridized carbons (Fsp3) is 0.615. The second kappa shape index (κ2) is 7.94. The SMILES string of the molecule is CCCNC(=O)CNc1nc(CCC)nc(Cl)c1C. The quantitative estimate of drug-likeness (QED) is 0.754. The van der Waals surface area contributed by atoms with Gasteiger partial charge in [0.2, 0.25) is 5.91 Å².